The van der Waals surface area contributed by atoms with Crippen LogP contribution in [0.15, 0.2) is 0 Å². The van der Waals surface area contributed by atoms with Crippen molar-refractivity contribution in [2.75, 3.05) is 26.2 Å². The van der Waals surface area contributed by atoms with Gasteiger partial charge >= 0.3 is 0 Å². The van der Waals surface area contributed by atoms with Crippen LogP contribution in [-0.2, 0) is 0 Å². The highest BCUT2D eigenvalue weighted by atomic mass is 35.5. The monoisotopic (exact) mass is 338 g/mol. The van der Waals surface area contributed by atoms with Crippen molar-refractivity contribution < 1.29 is 0 Å². The van der Waals surface area contributed by atoms with Gasteiger partial charge in [-0.3, -0.25) is 0 Å². The van der Waals surface area contributed by atoms with Crippen LogP contribution in [0, 0.1) is 11.8 Å². The van der Waals surface area contributed by atoms with Crippen molar-refractivity contribution in [3.05, 3.63) is 0 Å². The van der Waals surface area contributed by atoms with E-state index < -0.39 is 0 Å². The Balaban J connectivity index is 0.00000200. The lowest BCUT2D eigenvalue weighted by atomic mass is 9.68. The van der Waals surface area contributed by atoms with E-state index in [9.17, 15) is 0 Å². The van der Waals surface area contributed by atoms with Crippen LogP contribution >= 0.6 is 24.8 Å². The molecule has 0 spiro atoms. The Labute approximate surface area is 144 Å². The molecule has 0 aromatic carbocycles. The first-order valence-electron chi connectivity index (χ1n) is 8.80. The number of fused-ring (bicyclic) bond motifs is 1. The Bertz CT molecular complexity index is 245. The summed E-state index contributed by atoms with van der Waals surface area (Å²) in [7, 11) is 0. The van der Waals surface area contributed by atoms with Crippen LogP contribution < -0.4 is 5.32 Å². The number of hydrogen-bond acceptors (Lipinski definition) is 2. The van der Waals surface area contributed by atoms with Gasteiger partial charge in [-0.05, 0) is 57.3 Å². The van der Waals surface area contributed by atoms with Crippen molar-refractivity contribution in [3.8, 4) is 0 Å². The first-order chi connectivity index (χ1) is 9.35. The third-order valence-electron chi connectivity index (χ3n) is 5.53. The topological polar surface area (TPSA) is 15.3 Å². The Morgan fingerprint density at radius 2 is 1.57 bits per heavy atom. The number of nitrogens with zero attached hydrogens (tertiary/aromatic N) is 1. The molecular weight excluding hydrogens is 303 g/mol. The molecule has 2 aliphatic rings. The molecule has 2 nitrogen and oxygen atoms in total. The van der Waals surface area contributed by atoms with Gasteiger partial charge in [-0.25, -0.2) is 0 Å². The predicted octanol–water partition coefficient (Wildman–Crippen LogP) is 4.51. The van der Waals surface area contributed by atoms with Gasteiger partial charge in [0.05, 0.1) is 0 Å². The van der Waals surface area contributed by atoms with Crippen molar-refractivity contribution in [2.24, 2.45) is 11.8 Å². The van der Waals surface area contributed by atoms with Crippen molar-refractivity contribution in [1.82, 2.24) is 10.2 Å². The quantitative estimate of drug-likeness (QED) is 0.687. The SMILES string of the molecule is CCN(CC)CCCN[C@H]1CCC[C@H]2CCCCC21.Cl.Cl. The van der Waals surface area contributed by atoms with Crippen LogP contribution in [0.25, 0.3) is 0 Å². The summed E-state index contributed by atoms with van der Waals surface area (Å²) in [5, 5.41) is 3.90. The summed E-state index contributed by atoms with van der Waals surface area (Å²) < 4.78 is 0. The highest BCUT2D eigenvalue weighted by Crippen LogP contribution is 2.40. The summed E-state index contributed by atoms with van der Waals surface area (Å²) in [5.41, 5.74) is 0. The van der Waals surface area contributed by atoms with Crippen LogP contribution in [0.1, 0.15) is 65.2 Å². The number of rotatable bonds is 7. The number of nitrogens with one attached hydrogen (secondary N) is 1. The van der Waals surface area contributed by atoms with Crippen molar-refractivity contribution in [1.29, 1.82) is 0 Å². The van der Waals surface area contributed by atoms with Crippen LogP contribution in [0.5, 0.6) is 0 Å². The molecule has 2 saturated carbocycles. The minimum atomic E-state index is 0. The molecule has 4 heteroatoms. The first-order valence-corrected chi connectivity index (χ1v) is 8.80. The fraction of sp³-hybridized carbons (Fsp3) is 1.00. The average molecular weight is 339 g/mol. The van der Waals surface area contributed by atoms with Crippen molar-refractivity contribution in [2.45, 2.75) is 71.3 Å². The second-order valence-electron chi connectivity index (χ2n) is 6.58. The molecule has 0 bridgehead atoms. The molecule has 1 unspecified atom stereocenters. The summed E-state index contributed by atoms with van der Waals surface area (Å²) in [5.74, 6) is 2.07. The highest BCUT2D eigenvalue weighted by molar-refractivity contribution is 5.85. The van der Waals surface area contributed by atoms with Crippen molar-refractivity contribution >= 4 is 24.8 Å². The molecule has 3 atom stereocenters. The molecule has 0 radical (unpaired) electrons. The van der Waals surface area contributed by atoms with Gasteiger partial charge in [0.2, 0.25) is 0 Å². The van der Waals surface area contributed by atoms with Gasteiger partial charge in [-0.1, -0.05) is 46.0 Å². The summed E-state index contributed by atoms with van der Waals surface area (Å²) >= 11 is 0. The summed E-state index contributed by atoms with van der Waals surface area (Å²) in [4.78, 5) is 2.53. The zero-order chi connectivity index (χ0) is 13.5. The third kappa shape index (κ3) is 6.64. The van der Waals surface area contributed by atoms with E-state index in [-0.39, 0.29) is 24.8 Å². The van der Waals surface area contributed by atoms with Crippen molar-refractivity contribution in [3.63, 3.8) is 0 Å². The molecule has 0 heterocycles. The fourth-order valence-corrected chi connectivity index (χ4v) is 4.32. The van der Waals surface area contributed by atoms with Gasteiger partial charge in [-0.15, -0.1) is 24.8 Å². The molecule has 0 amide bonds. The molecule has 0 aliphatic heterocycles. The Morgan fingerprint density at radius 1 is 0.905 bits per heavy atom. The lowest BCUT2D eigenvalue weighted by Gasteiger charge is -2.42. The Hall–Kier alpha value is 0.500. The van der Waals surface area contributed by atoms with Crippen LogP contribution in [0.3, 0.4) is 0 Å². The minimum Gasteiger partial charge on any atom is -0.314 e. The van der Waals surface area contributed by atoms with Gasteiger partial charge in [-0.2, -0.15) is 0 Å². The minimum absolute atomic E-state index is 0. The Kier molecular flexibility index (Phi) is 12.3. The largest absolute Gasteiger partial charge is 0.314 e. The Morgan fingerprint density at radius 3 is 2.29 bits per heavy atom. The first kappa shape index (κ1) is 21.5. The maximum absolute atomic E-state index is 3.90. The van der Waals surface area contributed by atoms with Gasteiger partial charge in [0.25, 0.3) is 0 Å². The number of hydrogen-bond donors (Lipinski definition) is 1. The molecule has 1 N–H and O–H groups in total. The standard InChI is InChI=1S/C17H34N2.2ClH/c1-3-19(4-2)14-8-13-18-17-12-7-10-15-9-5-6-11-16(15)17;;/h15-18H,3-14H2,1-2H3;2*1H/t15-,16?,17+;;/m1../s1. The van der Waals surface area contributed by atoms with Crippen LogP contribution in [0.2, 0.25) is 0 Å². The van der Waals surface area contributed by atoms with E-state index in [1.165, 1.54) is 77.5 Å². The smallest absolute Gasteiger partial charge is 0.00979 e. The summed E-state index contributed by atoms with van der Waals surface area (Å²) in [6.45, 7) is 9.43. The molecule has 2 fully saturated rings. The van der Waals surface area contributed by atoms with E-state index in [0.717, 1.165) is 17.9 Å². The molecular formula is C17H36Cl2N2. The van der Waals surface area contributed by atoms with E-state index in [1.54, 1.807) is 0 Å². The zero-order valence-electron chi connectivity index (χ0n) is 14.0. The molecule has 0 saturated heterocycles. The fourth-order valence-electron chi connectivity index (χ4n) is 4.32. The maximum Gasteiger partial charge on any atom is 0.00979 e. The summed E-state index contributed by atoms with van der Waals surface area (Å²) in [6.07, 6.45) is 11.7. The van der Waals surface area contributed by atoms with Crippen LogP contribution in [-0.4, -0.2) is 37.1 Å². The lowest BCUT2D eigenvalue weighted by Crippen LogP contribution is -2.44. The lowest BCUT2D eigenvalue weighted by molar-refractivity contribution is 0.125. The van der Waals surface area contributed by atoms with Gasteiger partial charge in [0.1, 0.15) is 0 Å². The van der Waals surface area contributed by atoms with E-state index in [2.05, 4.69) is 24.1 Å². The molecule has 128 valence electrons. The molecule has 0 aromatic heterocycles. The van der Waals surface area contributed by atoms with E-state index in [0.29, 0.717) is 0 Å². The van der Waals surface area contributed by atoms with Gasteiger partial charge in [0.15, 0.2) is 0 Å². The van der Waals surface area contributed by atoms with Gasteiger partial charge in [0, 0.05) is 6.04 Å². The third-order valence-corrected chi connectivity index (χ3v) is 5.53. The van der Waals surface area contributed by atoms with E-state index >= 15 is 0 Å². The second-order valence-corrected chi connectivity index (χ2v) is 6.58. The molecule has 2 rings (SSSR count). The zero-order valence-corrected chi connectivity index (χ0v) is 15.6. The molecule has 0 aromatic rings. The van der Waals surface area contributed by atoms with E-state index in [4.69, 9.17) is 0 Å². The average Bonchev–Trinajstić information content (AvgIpc) is 2.47. The molecule has 2 aliphatic carbocycles. The van der Waals surface area contributed by atoms with Crippen LogP contribution in [0.4, 0.5) is 0 Å². The number of halogens is 2. The maximum atomic E-state index is 3.90. The highest BCUT2D eigenvalue weighted by Gasteiger charge is 2.34. The summed E-state index contributed by atoms with van der Waals surface area (Å²) in [6, 6.07) is 0.843. The van der Waals surface area contributed by atoms with E-state index in [1.807, 2.05) is 0 Å². The normalized spacial score (nSPS) is 28.4. The van der Waals surface area contributed by atoms with Gasteiger partial charge < -0.3 is 10.2 Å². The second kappa shape index (κ2) is 12.0. The predicted molar refractivity (Wildman–Crippen MR) is 98.0 cm³/mol. The molecule has 21 heavy (non-hydrogen) atoms.